The maximum atomic E-state index is 14.6. The molecule has 1 aromatic carbocycles. The average Bonchev–Trinajstić information content (AvgIpc) is 3.95. The van der Waals surface area contributed by atoms with Gasteiger partial charge >= 0.3 is 0 Å². The van der Waals surface area contributed by atoms with Crippen LogP contribution in [0.5, 0.6) is 5.75 Å². The van der Waals surface area contributed by atoms with Gasteiger partial charge in [0.25, 0.3) is 0 Å². The predicted octanol–water partition coefficient (Wildman–Crippen LogP) is -1.61. The summed E-state index contributed by atoms with van der Waals surface area (Å²) in [5, 5.41) is 101. The molecule has 2 unspecified atom stereocenters. The zero-order chi connectivity index (χ0) is 56.6. The van der Waals surface area contributed by atoms with Gasteiger partial charge in [0.15, 0.2) is 6.23 Å². The maximum absolute atomic E-state index is 14.6. The highest BCUT2D eigenvalue weighted by molar-refractivity contribution is 5.98. The van der Waals surface area contributed by atoms with E-state index in [1.807, 2.05) is 21.1 Å². The van der Waals surface area contributed by atoms with Crippen molar-refractivity contribution in [3.63, 3.8) is 0 Å². The van der Waals surface area contributed by atoms with Crippen molar-refractivity contribution in [3.8, 4) is 5.75 Å². The number of amides is 7. The molecule has 1 aromatic rings. The fraction of sp³-hybridized carbons (Fsp3) is 0.755. The van der Waals surface area contributed by atoms with E-state index in [2.05, 4.69) is 47.4 Å². The van der Waals surface area contributed by atoms with Crippen molar-refractivity contribution in [2.75, 3.05) is 40.8 Å². The van der Waals surface area contributed by atoms with Crippen LogP contribution in [0.15, 0.2) is 24.3 Å². The highest BCUT2D eigenvalue weighted by Gasteiger charge is 2.48. The molecule has 23 nitrogen and oxygen atoms in total. The van der Waals surface area contributed by atoms with Crippen molar-refractivity contribution in [2.24, 2.45) is 11.8 Å². The summed E-state index contributed by atoms with van der Waals surface area (Å²) >= 11 is 0. The number of unbranched alkanes of at least 4 members (excludes halogenated alkanes) is 5. The van der Waals surface area contributed by atoms with Crippen LogP contribution < -0.4 is 26.6 Å². The molecule has 0 radical (unpaired) electrons. The first-order valence-corrected chi connectivity index (χ1v) is 27.2. The number of rotatable bonds is 21. The first-order valence-electron chi connectivity index (χ1n) is 27.2. The van der Waals surface area contributed by atoms with Crippen molar-refractivity contribution in [1.29, 1.82) is 0 Å². The number of fused-ring (bicyclic) bond motifs is 2. The minimum atomic E-state index is -2.20. The fourth-order valence-corrected chi connectivity index (χ4v) is 10.1. The minimum Gasteiger partial charge on any atom is -0.508 e. The van der Waals surface area contributed by atoms with E-state index >= 15 is 0 Å². The van der Waals surface area contributed by atoms with E-state index in [0.717, 1.165) is 55.2 Å². The van der Waals surface area contributed by atoms with Crippen LogP contribution in [0.1, 0.15) is 123 Å². The molecular weight excluding hydrogens is 989 g/mol. The van der Waals surface area contributed by atoms with Gasteiger partial charge in [0.05, 0.1) is 58.2 Å². The fourth-order valence-electron chi connectivity index (χ4n) is 10.1. The number of phenols is 1. The molecule has 76 heavy (non-hydrogen) atoms. The second-order valence-corrected chi connectivity index (χ2v) is 22.6. The Balaban J connectivity index is 1.69. The summed E-state index contributed by atoms with van der Waals surface area (Å²) in [6.07, 6.45) is -5.47. The molecular formula is C53H89N8O15+. The van der Waals surface area contributed by atoms with Crippen molar-refractivity contribution >= 4 is 41.4 Å². The quantitative estimate of drug-likeness (QED) is 0.0487. The summed E-state index contributed by atoms with van der Waals surface area (Å²) in [6, 6.07) is -5.23. The Labute approximate surface area is 446 Å². The number of aromatic hydroxyl groups is 1. The second kappa shape index (κ2) is 29.7. The van der Waals surface area contributed by atoms with Crippen LogP contribution in [0.25, 0.3) is 0 Å². The van der Waals surface area contributed by atoms with Crippen LogP contribution in [0.4, 0.5) is 0 Å². The highest BCUT2D eigenvalue weighted by atomic mass is 16.3. The van der Waals surface area contributed by atoms with Gasteiger partial charge in [-0.15, -0.1) is 0 Å². The monoisotopic (exact) mass is 1080 g/mol. The molecule has 0 bridgehead atoms. The molecule has 4 rings (SSSR count). The zero-order valence-corrected chi connectivity index (χ0v) is 45.5. The van der Waals surface area contributed by atoms with Crippen molar-refractivity contribution in [1.82, 2.24) is 36.4 Å². The molecule has 3 fully saturated rings. The molecule has 7 amide bonds. The summed E-state index contributed by atoms with van der Waals surface area (Å²) < 4.78 is 0.298. The number of carbonyl (C=O) groups excluding carboxylic acids is 7. The van der Waals surface area contributed by atoms with Gasteiger partial charge in [-0.2, -0.15) is 0 Å². The molecule has 15 atom stereocenters. The van der Waals surface area contributed by atoms with Crippen LogP contribution in [0.3, 0.4) is 0 Å². The first kappa shape index (κ1) is 63.5. The summed E-state index contributed by atoms with van der Waals surface area (Å²) in [5.41, 5.74) is 0.384. The van der Waals surface area contributed by atoms with E-state index in [-0.39, 0.29) is 44.5 Å². The van der Waals surface area contributed by atoms with Crippen LogP contribution in [-0.2, 0) is 40.0 Å². The van der Waals surface area contributed by atoms with E-state index in [4.69, 9.17) is 0 Å². The first-order chi connectivity index (χ1) is 35.7. The number of nitrogens with zero attached hydrogens (tertiary/aromatic N) is 3. The van der Waals surface area contributed by atoms with Gasteiger partial charge in [-0.3, -0.25) is 33.6 Å². The number of hydrogen-bond acceptors (Lipinski definition) is 15. The van der Waals surface area contributed by atoms with Crippen LogP contribution >= 0.6 is 0 Å². The molecule has 3 saturated heterocycles. The molecule has 23 heteroatoms. The van der Waals surface area contributed by atoms with Gasteiger partial charge in [0.2, 0.25) is 41.4 Å². The minimum absolute atomic E-state index is 0.0389. The number of quaternary nitrogens is 1. The van der Waals surface area contributed by atoms with Gasteiger partial charge in [-0.05, 0) is 55.7 Å². The van der Waals surface area contributed by atoms with Crippen molar-refractivity contribution in [3.05, 3.63) is 29.8 Å². The van der Waals surface area contributed by atoms with E-state index in [1.165, 1.54) is 30.7 Å². The Hall–Kier alpha value is -5.01. The zero-order valence-electron chi connectivity index (χ0n) is 45.5. The molecule has 13 N–H and O–H groups in total. The van der Waals surface area contributed by atoms with Gasteiger partial charge in [0.1, 0.15) is 48.1 Å². The summed E-state index contributed by atoms with van der Waals surface area (Å²) in [7, 11) is 5.43. The number of nitrogens with one attached hydrogen (secondary N) is 5. The lowest BCUT2D eigenvalue weighted by Gasteiger charge is -2.34. The molecule has 0 spiro atoms. The lowest BCUT2D eigenvalue weighted by atomic mass is 9.91. The van der Waals surface area contributed by atoms with E-state index in [1.54, 1.807) is 0 Å². The number of phenolic OH excluding ortho intramolecular Hbond substituents is 1. The molecule has 430 valence electrons. The second-order valence-electron chi connectivity index (χ2n) is 22.6. The number of benzene rings is 1. The highest BCUT2D eigenvalue weighted by Crippen LogP contribution is 2.25. The standard InChI is InChI=1S/C53H88N8O15/c1-8-30(2)25-31(3)15-13-11-9-10-12-14-16-42(69)54-36-28-41(68)49(72)58-51(74)46-39(66)21-23-59(46)53(76)45(38(65)22-24-61(5,6)7)57-50(73)44(40(67)26-33-17-19-34(63)20-18-33)56-48(71)37-27-35(64)29-60(37)52(75)43(32(4)62)55-47(36)70/h17-20,30-32,35-41,43-46,49,62,64-68,72H,8-16,21-29H2,1-7H3,(H5-,54,55,56,57,58,63,69,70,71,73,74)/p+1/t30?,31?,32-,35-,36+,37+,38-,39+,40-,41-,43+,44+,45+,46+,49-/m1/s1. The topological polar surface area (TPSA) is 348 Å². The lowest BCUT2D eigenvalue weighted by Crippen LogP contribution is -2.64. The van der Waals surface area contributed by atoms with Crippen LogP contribution in [-0.4, -0.2) is 216 Å². The predicted molar refractivity (Wildman–Crippen MR) is 278 cm³/mol. The maximum Gasteiger partial charge on any atom is 0.248 e. The van der Waals surface area contributed by atoms with E-state index in [9.17, 15) is 74.4 Å². The molecule has 0 saturated carbocycles. The molecule has 0 aliphatic carbocycles. The Morgan fingerprint density at radius 3 is 1.93 bits per heavy atom. The largest absolute Gasteiger partial charge is 0.508 e. The lowest BCUT2D eigenvalue weighted by molar-refractivity contribution is -0.870. The normalized spacial score (nSPS) is 28.7. The average molecular weight is 1080 g/mol. The Bertz CT molecular complexity index is 2080. The van der Waals surface area contributed by atoms with Crippen LogP contribution in [0, 0.1) is 11.8 Å². The summed E-state index contributed by atoms with van der Waals surface area (Å²) in [5.74, 6) is -6.13. The number of hydrogen-bond donors (Lipinski definition) is 13. The Morgan fingerprint density at radius 2 is 1.30 bits per heavy atom. The Kier molecular flexibility index (Phi) is 24.8. The third-order valence-corrected chi connectivity index (χ3v) is 14.9. The van der Waals surface area contributed by atoms with Gasteiger partial charge < -0.3 is 81.7 Å². The van der Waals surface area contributed by atoms with Crippen LogP contribution in [0.2, 0.25) is 0 Å². The van der Waals surface area contributed by atoms with Crippen molar-refractivity contribution < 1.29 is 78.9 Å². The Morgan fingerprint density at radius 1 is 0.697 bits per heavy atom. The number of carbonyl (C=O) groups is 7. The van der Waals surface area contributed by atoms with Crippen molar-refractivity contribution in [2.45, 2.75) is 203 Å². The van der Waals surface area contributed by atoms with E-state index < -0.39 is 140 Å². The summed E-state index contributed by atoms with van der Waals surface area (Å²) in [6.45, 7) is 7.36. The molecule has 0 aromatic heterocycles. The molecule has 3 heterocycles. The number of aliphatic hydroxyl groups is 7. The summed E-state index contributed by atoms with van der Waals surface area (Å²) in [4.78, 5) is 101. The molecule has 3 aliphatic heterocycles. The molecule has 3 aliphatic rings. The SMILES string of the molecule is CCC(C)CC(C)CCCCCCCCC(=O)N[C@H]1C[C@@H](O)[C@@H](O)NC(=O)[C@@H]2[C@@H](O)CCN2C(=O)[C@H]([C@H](O)CC[N+](C)(C)C)NC(=O)[C@H]([C@H](O)Cc2ccc(O)cc2)NC(=O)[C@@H]2C[C@@H](O)CN2C(=O)[C@H]([C@@H](C)O)NC1=O. The third kappa shape index (κ3) is 19.2. The van der Waals surface area contributed by atoms with Gasteiger partial charge in [-0.1, -0.05) is 77.8 Å². The third-order valence-electron chi connectivity index (χ3n) is 14.9. The number of aliphatic hydroxyl groups excluding tert-OH is 7. The van der Waals surface area contributed by atoms with Gasteiger partial charge in [0, 0.05) is 45.2 Å². The smallest absolute Gasteiger partial charge is 0.248 e. The van der Waals surface area contributed by atoms with Gasteiger partial charge in [-0.25, -0.2) is 0 Å². The van der Waals surface area contributed by atoms with E-state index in [0.29, 0.717) is 34.7 Å².